The summed E-state index contributed by atoms with van der Waals surface area (Å²) < 4.78 is 26.4. The van der Waals surface area contributed by atoms with Gasteiger partial charge in [0.25, 0.3) is 0 Å². The SMILES string of the molecule is CC(C)N(CCCC(=O)O)S(=O)(=O)c1ccc(C#N)cc1. The molecule has 0 saturated heterocycles. The average Bonchev–Trinajstić information content (AvgIpc) is 2.42. The number of nitriles is 1. The van der Waals surface area contributed by atoms with Crippen LogP contribution in [0.15, 0.2) is 29.2 Å². The molecule has 0 spiro atoms. The number of benzene rings is 1. The minimum Gasteiger partial charge on any atom is -0.481 e. The first-order valence-electron chi connectivity index (χ1n) is 6.53. The van der Waals surface area contributed by atoms with Gasteiger partial charge in [-0.15, -0.1) is 0 Å². The lowest BCUT2D eigenvalue weighted by molar-refractivity contribution is -0.137. The Kier molecular flexibility index (Phi) is 5.88. The first-order valence-corrected chi connectivity index (χ1v) is 7.97. The first kappa shape index (κ1) is 17.1. The van der Waals surface area contributed by atoms with Crippen LogP contribution in [0.2, 0.25) is 0 Å². The van der Waals surface area contributed by atoms with Crippen LogP contribution in [0.4, 0.5) is 0 Å². The highest BCUT2D eigenvalue weighted by Gasteiger charge is 2.26. The van der Waals surface area contributed by atoms with Gasteiger partial charge in [0.05, 0.1) is 16.5 Å². The van der Waals surface area contributed by atoms with Crippen LogP contribution in [-0.2, 0) is 14.8 Å². The van der Waals surface area contributed by atoms with Crippen molar-refractivity contribution in [2.45, 2.75) is 37.6 Å². The number of hydrogen-bond acceptors (Lipinski definition) is 4. The Morgan fingerprint density at radius 1 is 1.33 bits per heavy atom. The third-order valence-electron chi connectivity index (χ3n) is 2.94. The summed E-state index contributed by atoms with van der Waals surface area (Å²) in [4.78, 5) is 10.6. The number of aliphatic carboxylic acids is 1. The Hall–Kier alpha value is -1.91. The monoisotopic (exact) mass is 310 g/mol. The predicted molar refractivity (Wildman–Crippen MR) is 77.1 cm³/mol. The van der Waals surface area contributed by atoms with Crippen molar-refractivity contribution in [2.75, 3.05) is 6.54 Å². The molecule has 0 aliphatic heterocycles. The smallest absolute Gasteiger partial charge is 0.303 e. The van der Waals surface area contributed by atoms with Gasteiger partial charge >= 0.3 is 5.97 Å². The highest BCUT2D eigenvalue weighted by Crippen LogP contribution is 2.19. The predicted octanol–water partition coefficient (Wildman–Crippen LogP) is 1.82. The average molecular weight is 310 g/mol. The molecular weight excluding hydrogens is 292 g/mol. The molecule has 1 rings (SSSR count). The van der Waals surface area contributed by atoms with Crippen LogP contribution in [0.25, 0.3) is 0 Å². The zero-order chi connectivity index (χ0) is 16.0. The van der Waals surface area contributed by atoms with Crippen molar-refractivity contribution in [3.05, 3.63) is 29.8 Å². The van der Waals surface area contributed by atoms with E-state index in [0.717, 1.165) is 0 Å². The van der Waals surface area contributed by atoms with E-state index in [9.17, 15) is 13.2 Å². The van der Waals surface area contributed by atoms with Crippen molar-refractivity contribution >= 4 is 16.0 Å². The molecule has 0 heterocycles. The summed E-state index contributed by atoms with van der Waals surface area (Å²) in [5.41, 5.74) is 0.385. The highest BCUT2D eigenvalue weighted by atomic mass is 32.2. The third kappa shape index (κ3) is 4.55. The van der Waals surface area contributed by atoms with Crippen LogP contribution < -0.4 is 0 Å². The standard InChI is InChI=1S/C14H18N2O4S/c1-11(2)16(9-3-4-14(17)18)21(19,20)13-7-5-12(10-15)6-8-13/h5-8,11H,3-4,9H2,1-2H3,(H,17,18). The van der Waals surface area contributed by atoms with E-state index in [0.29, 0.717) is 5.56 Å². The van der Waals surface area contributed by atoms with Crippen LogP contribution in [0.1, 0.15) is 32.3 Å². The first-order chi connectivity index (χ1) is 9.78. The number of carboxylic acid groups (broad SMARTS) is 1. The van der Waals surface area contributed by atoms with Gasteiger partial charge in [-0.25, -0.2) is 8.42 Å². The maximum Gasteiger partial charge on any atom is 0.303 e. The maximum atomic E-state index is 12.5. The maximum absolute atomic E-state index is 12.5. The van der Waals surface area contributed by atoms with E-state index in [1.807, 2.05) is 6.07 Å². The minimum atomic E-state index is -3.69. The van der Waals surface area contributed by atoms with E-state index in [4.69, 9.17) is 10.4 Å². The summed E-state index contributed by atoms with van der Waals surface area (Å²) >= 11 is 0. The Morgan fingerprint density at radius 2 is 1.90 bits per heavy atom. The van der Waals surface area contributed by atoms with Gasteiger partial charge in [0, 0.05) is 19.0 Å². The highest BCUT2D eigenvalue weighted by molar-refractivity contribution is 7.89. The normalized spacial score (nSPS) is 11.6. The van der Waals surface area contributed by atoms with Crippen molar-refractivity contribution in [2.24, 2.45) is 0 Å². The molecule has 0 saturated carbocycles. The zero-order valence-electron chi connectivity index (χ0n) is 12.0. The summed E-state index contributed by atoms with van der Waals surface area (Å²) in [6, 6.07) is 7.33. The van der Waals surface area contributed by atoms with E-state index >= 15 is 0 Å². The molecule has 114 valence electrons. The summed E-state index contributed by atoms with van der Waals surface area (Å²) in [6.07, 6.45) is 0.176. The molecule has 0 amide bonds. The van der Waals surface area contributed by atoms with Crippen LogP contribution in [0, 0.1) is 11.3 Å². The van der Waals surface area contributed by atoms with Crippen molar-refractivity contribution in [1.82, 2.24) is 4.31 Å². The molecule has 0 aliphatic rings. The molecule has 0 aromatic heterocycles. The zero-order valence-corrected chi connectivity index (χ0v) is 12.8. The summed E-state index contributed by atoms with van der Waals surface area (Å²) in [7, 11) is -3.69. The minimum absolute atomic E-state index is 0.0773. The van der Waals surface area contributed by atoms with Crippen molar-refractivity contribution in [3.8, 4) is 6.07 Å². The van der Waals surface area contributed by atoms with Gasteiger partial charge in [0.2, 0.25) is 10.0 Å². The number of hydrogen-bond donors (Lipinski definition) is 1. The molecule has 7 heteroatoms. The number of carboxylic acids is 1. The van der Waals surface area contributed by atoms with E-state index in [1.54, 1.807) is 13.8 Å². The van der Waals surface area contributed by atoms with Crippen molar-refractivity contribution in [1.29, 1.82) is 5.26 Å². The summed E-state index contributed by atoms with van der Waals surface area (Å²) in [6.45, 7) is 3.62. The molecule has 0 fully saturated rings. The van der Waals surface area contributed by atoms with Crippen molar-refractivity contribution < 1.29 is 18.3 Å². The lowest BCUT2D eigenvalue weighted by Gasteiger charge is -2.25. The molecule has 1 N–H and O–H groups in total. The molecule has 0 unspecified atom stereocenters. The molecular formula is C14H18N2O4S. The fourth-order valence-electron chi connectivity index (χ4n) is 1.88. The molecule has 1 aromatic carbocycles. The Morgan fingerprint density at radius 3 is 2.33 bits per heavy atom. The molecule has 21 heavy (non-hydrogen) atoms. The molecule has 0 atom stereocenters. The van der Waals surface area contributed by atoms with Gasteiger partial charge in [-0.3, -0.25) is 4.79 Å². The van der Waals surface area contributed by atoms with Crippen LogP contribution in [0.5, 0.6) is 0 Å². The van der Waals surface area contributed by atoms with E-state index in [1.165, 1.54) is 28.6 Å². The fourth-order valence-corrected chi connectivity index (χ4v) is 3.55. The quantitative estimate of drug-likeness (QED) is 0.828. The lowest BCUT2D eigenvalue weighted by Crippen LogP contribution is -2.37. The van der Waals surface area contributed by atoms with Crippen LogP contribution >= 0.6 is 0 Å². The number of rotatable bonds is 7. The van der Waals surface area contributed by atoms with E-state index in [2.05, 4.69) is 0 Å². The molecule has 1 aromatic rings. The van der Waals surface area contributed by atoms with Crippen LogP contribution in [0.3, 0.4) is 0 Å². The van der Waals surface area contributed by atoms with Crippen molar-refractivity contribution in [3.63, 3.8) is 0 Å². The van der Waals surface area contributed by atoms with E-state index in [-0.39, 0.29) is 30.3 Å². The summed E-state index contributed by atoms with van der Waals surface area (Å²) in [5, 5.41) is 17.4. The van der Waals surface area contributed by atoms with Crippen LogP contribution in [-0.4, -0.2) is 36.4 Å². The lowest BCUT2D eigenvalue weighted by atomic mass is 10.2. The fraction of sp³-hybridized carbons (Fsp3) is 0.429. The molecule has 0 aliphatic carbocycles. The van der Waals surface area contributed by atoms with Gasteiger partial charge < -0.3 is 5.11 Å². The Balaban J connectivity index is 2.98. The van der Waals surface area contributed by atoms with Gasteiger partial charge in [-0.1, -0.05) is 0 Å². The molecule has 6 nitrogen and oxygen atoms in total. The van der Waals surface area contributed by atoms with Gasteiger partial charge in [0.15, 0.2) is 0 Å². The van der Waals surface area contributed by atoms with E-state index < -0.39 is 16.0 Å². The molecule has 0 radical (unpaired) electrons. The number of sulfonamides is 1. The number of carbonyl (C=O) groups is 1. The Labute approximate surface area is 124 Å². The van der Waals surface area contributed by atoms with Gasteiger partial charge in [0.1, 0.15) is 0 Å². The van der Waals surface area contributed by atoms with Gasteiger partial charge in [-0.2, -0.15) is 9.57 Å². The third-order valence-corrected chi connectivity index (χ3v) is 5.02. The van der Waals surface area contributed by atoms with Gasteiger partial charge in [-0.05, 0) is 44.5 Å². The second-order valence-electron chi connectivity index (χ2n) is 4.84. The summed E-state index contributed by atoms with van der Waals surface area (Å²) in [5.74, 6) is -0.950. The second-order valence-corrected chi connectivity index (χ2v) is 6.73. The number of nitrogens with zero attached hydrogens (tertiary/aromatic N) is 2. The topological polar surface area (TPSA) is 98.5 Å². The molecule has 0 bridgehead atoms. The largest absolute Gasteiger partial charge is 0.481 e. The second kappa shape index (κ2) is 7.20. The Bertz CT molecular complexity index is 630.